The van der Waals surface area contributed by atoms with Crippen LogP contribution in [0.2, 0.25) is 0 Å². The van der Waals surface area contributed by atoms with Gasteiger partial charge >= 0.3 is 0 Å². The Morgan fingerprint density at radius 3 is 2.53 bits per heavy atom. The number of hydrogen-bond acceptors (Lipinski definition) is 4. The molecule has 6 heteroatoms. The van der Waals surface area contributed by atoms with Gasteiger partial charge in [-0.3, -0.25) is 4.79 Å². The fourth-order valence-electron chi connectivity index (χ4n) is 4.87. The molecule has 4 rings (SSSR count). The maximum absolute atomic E-state index is 13.8. The van der Waals surface area contributed by atoms with Crippen molar-refractivity contribution in [1.29, 1.82) is 0 Å². The number of ether oxygens (including phenoxy) is 2. The third kappa shape index (κ3) is 5.30. The van der Waals surface area contributed by atoms with Gasteiger partial charge in [-0.1, -0.05) is 24.3 Å². The number of carbonyl (C=O) groups is 1. The van der Waals surface area contributed by atoms with Gasteiger partial charge in [-0.2, -0.15) is 0 Å². The van der Waals surface area contributed by atoms with E-state index >= 15 is 0 Å². The van der Waals surface area contributed by atoms with Crippen molar-refractivity contribution in [2.24, 2.45) is 5.41 Å². The summed E-state index contributed by atoms with van der Waals surface area (Å²) in [6, 6.07) is 12.6. The highest BCUT2D eigenvalue weighted by molar-refractivity contribution is 5.83. The number of methoxy groups -OCH3 is 1. The van der Waals surface area contributed by atoms with Crippen molar-refractivity contribution >= 4 is 5.91 Å². The lowest BCUT2D eigenvalue weighted by molar-refractivity contribution is -0.136. The summed E-state index contributed by atoms with van der Waals surface area (Å²) in [6.07, 6.45) is 4.63. The summed E-state index contributed by atoms with van der Waals surface area (Å²) in [5.41, 5.74) is 2.27. The number of hydrogen-bond donors (Lipinski definition) is 1. The number of carbonyl (C=O) groups excluding carboxylic acids is 1. The number of nitrogens with one attached hydrogen (secondary N) is 1. The van der Waals surface area contributed by atoms with Crippen molar-refractivity contribution in [2.45, 2.75) is 32.1 Å². The number of halogens is 1. The van der Waals surface area contributed by atoms with Gasteiger partial charge in [0, 0.05) is 31.9 Å². The smallest absolute Gasteiger partial charge is 0.226 e. The summed E-state index contributed by atoms with van der Waals surface area (Å²) in [5.74, 6) is 0.477. The normalized spacial score (nSPS) is 18.4. The lowest BCUT2D eigenvalue weighted by Crippen LogP contribution is -2.47. The van der Waals surface area contributed by atoms with Gasteiger partial charge < -0.3 is 19.7 Å². The minimum atomic E-state index is -0.443. The van der Waals surface area contributed by atoms with Crippen LogP contribution in [-0.2, 0) is 16.0 Å². The summed E-state index contributed by atoms with van der Waals surface area (Å²) in [4.78, 5) is 15.7. The molecular formula is C26H33FN2O3. The zero-order valence-corrected chi connectivity index (χ0v) is 18.9. The van der Waals surface area contributed by atoms with Crippen LogP contribution in [0.4, 0.5) is 4.39 Å². The molecule has 0 saturated carbocycles. The largest absolute Gasteiger partial charge is 0.496 e. The lowest BCUT2D eigenvalue weighted by Gasteiger charge is -2.36. The van der Waals surface area contributed by atoms with Crippen molar-refractivity contribution < 1.29 is 18.7 Å². The van der Waals surface area contributed by atoms with Gasteiger partial charge in [0.05, 0.1) is 12.5 Å². The van der Waals surface area contributed by atoms with E-state index in [-0.39, 0.29) is 11.7 Å². The van der Waals surface area contributed by atoms with Crippen molar-refractivity contribution in [3.63, 3.8) is 0 Å². The third-order valence-corrected chi connectivity index (χ3v) is 6.81. The van der Waals surface area contributed by atoms with Crippen LogP contribution in [0.5, 0.6) is 5.75 Å². The van der Waals surface area contributed by atoms with Gasteiger partial charge in [-0.15, -0.1) is 0 Å². The quantitative estimate of drug-likeness (QED) is 0.673. The Bertz CT molecular complexity index is 904. The Labute approximate surface area is 189 Å². The van der Waals surface area contributed by atoms with Gasteiger partial charge in [0.2, 0.25) is 5.91 Å². The number of benzene rings is 2. The molecule has 0 unspecified atom stereocenters. The van der Waals surface area contributed by atoms with Crippen molar-refractivity contribution in [1.82, 2.24) is 10.2 Å². The average Bonchev–Trinajstić information content (AvgIpc) is 3.34. The van der Waals surface area contributed by atoms with E-state index in [0.29, 0.717) is 31.9 Å². The molecular weight excluding hydrogens is 407 g/mol. The fraction of sp³-hybridized carbons (Fsp3) is 0.500. The first-order chi connectivity index (χ1) is 15.6. The summed E-state index contributed by atoms with van der Waals surface area (Å²) in [7, 11) is 1.59. The van der Waals surface area contributed by atoms with E-state index in [1.165, 1.54) is 25.0 Å². The lowest BCUT2D eigenvalue weighted by atomic mass is 9.74. The molecule has 2 aliphatic rings. The summed E-state index contributed by atoms with van der Waals surface area (Å²) in [5, 5.41) is 3.20. The van der Waals surface area contributed by atoms with Crippen molar-refractivity contribution in [3.8, 4) is 16.9 Å². The topological polar surface area (TPSA) is 50.8 Å². The van der Waals surface area contributed by atoms with Crippen LogP contribution in [0, 0.1) is 11.2 Å². The molecule has 32 heavy (non-hydrogen) atoms. The zero-order chi connectivity index (χ0) is 22.4. The summed E-state index contributed by atoms with van der Waals surface area (Å²) < 4.78 is 24.7. The zero-order valence-electron chi connectivity index (χ0n) is 18.9. The maximum Gasteiger partial charge on any atom is 0.226 e. The van der Waals surface area contributed by atoms with Gasteiger partial charge in [-0.25, -0.2) is 4.39 Å². The van der Waals surface area contributed by atoms with E-state index in [2.05, 4.69) is 10.2 Å². The number of amides is 1. The van der Waals surface area contributed by atoms with Crippen LogP contribution in [0.15, 0.2) is 42.5 Å². The Morgan fingerprint density at radius 2 is 1.84 bits per heavy atom. The van der Waals surface area contributed by atoms with Crippen LogP contribution in [0.25, 0.3) is 11.1 Å². The second-order valence-electron chi connectivity index (χ2n) is 8.92. The molecule has 5 nitrogen and oxygen atoms in total. The number of rotatable bonds is 8. The van der Waals surface area contributed by atoms with E-state index in [9.17, 15) is 9.18 Å². The maximum atomic E-state index is 13.8. The van der Waals surface area contributed by atoms with E-state index in [1.807, 2.05) is 24.3 Å². The first-order valence-electron chi connectivity index (χ1n) is 11.6. The van der Waals surface area contributed by atoms with Crippen LogP contribution in [0.1, 0.15) is 31.2 Å². The van der Waals surface area contributed by atoms with Crippen molar-refractivity contribution in [3.05, 3.63) is 53.8 Å². The van der Waals surface area contributed by atoms with Gasteiger partial charge in [0.15, 0.2) is 0 Å². The Morgan fingerprint density at radius 1 is 1.12 bits per heavy atom. The molecule has 172 valence electrons. The molecule has 0 bridgehead atoms. The molecule has 0 spiro atoms. The standard InChI is InChI=1S/C26H33FN2O3/c1-31-24-9-8-22(27)18-23(24)21-6-4-20(5-7-21)19-26(10-16-32-17-11-26)25(30)28-12-15-29-13-2-3-14-29/h4-9,18H,2-3,10-17,19H2,1H3,(H,28,30). The first kappa shape index (κ1) is 22.7. The second kappa shape index (κ2) is 10.5. The number of likely N-dealkylation sites (tertiary alicyclic amines) is 1. The molecule has 0 aromatic heterocycles. The molecule has 2 aliphatic heterocycles. The van der Waals surface area contributed by atoms with Crippen LogP contribution >= 0.6 is 0 Å². The average molecular weight is 441 g/mol. The SMILES string of the molecule is COc1ccc(F)cc1-c1ccc(CC2(C(=O)NCCN3CCCC3)CCOCC2)cc1. The first-order valence-corrected chi connectivity index (χ1v) is 11.6. The highest BCUT2D eigenvalue weighted by Gasteiger charge is 2.40. The molecule has 0 atom stereocenters. The summed E-state index contributed by atoms with van der Waals surface area (Å²) in [6.45, 7) is 5.10. The Kier molecular flexibility index (Phi) is 7.43. The van der Waals surface area contributed by atoms with Gasteiger partial charge in [0.1, 0.15) is 11.6 Å². The molecule has 2 aromatic carbocycles. The Hall–Kier alpha value is -2.44. The predicted molar refractivity (Wildman–Crippen MR) is 123 cm³/mol. The molecule has 2 heterocycles. The van der Waals surface area contributed by atoms with Crippen LogP contribution in [0.3, 0.4) is 0 Å². The Balaban J connectivity index is 1.45. The monoisotopic (exact) mass is 440 g/mol. The molecule has 0 aliphatic carbocycles. The van der Waals surface area contributed by atoms with Crippen LogP contribution < -0.4 is 10.1 Å². The molecule has 2 fully saturated rings. The highest BCUT2D eigenvalue weighted by atomic mass is 19.1. The van der Waals surface area contributed by atoms with Crippen LogP contribution in [-0.4, -0.2) is 57.3 Å². The van der Waals surface area contributed by atoms with E-state index in [1.54, 1.807) is 13.2 Å². The molecule has 0 radical (unpaired) electrons. The molecule has 1 amide bonds. The number of nitrogens with zero attached hydrogens (tertiary/aromatic N) is 1. The van der Waals surface area contributed by atoms with Gasteiger partial charge in [0.25, 0.3) is 0 Å². The van der Waals surface area contributed by atoms with E-state index in [0.717, 1.165) is 49.2 Å². The van der Waals surface area contributed by atoms with Gasteiger partial charge in [-0.05, 0) is 74.5 Å². The second-order valence-corrected chi connectivity index (χ2v) is 8.92. The van der Waals surface area contributed by atoms with E-state index in [4.69, 9.17) is 9.47 Å². The fourth-order valence-corrected chi connectivity index (χ4v) is 4.87. The minimum absolute atomic E-state index is 0.135. The molecule has 1 N–H and O–H groups in total. The third-order valence-electron chi connectivity index (χ3n) is 6.81. The highest BCUT2D eigenvalue weighted by Crippen LogP contribution is 2.36. The van der Waals surface area contributed by atoms with E-state index < -0.39 is 5.41 Å². The minimum Gasteiger partial charge on any atom is -0.496 e. The molecule has 2 saturated heterocycles. The predicted octanol–water partition coefficient (Wildman–Crippen LogP) is 4.05. The summed E-state index contributed by atoms with van der Waals surface area (Å²) >= 11 is 0. The molecule has 2 aromatic rings. The van der Waals surface area contributed by atoms with Crippen molar-refractivity contribution in [2.75, 3.05) is 46.5 Å².